The number of benzene rings is 3. The van der Waals surface area contributed by atoms with Gasteiger partial charge in [0.05, 0.1) is 6.21 Å². The summed E-state index contributed by atoms with van der Waals surface area (Å²) in [5, 5.41) is 4.95. The van der Waals surface area contributed by atoms with Crippen molar-refractivity contribution in [2.75, 3.05) is 0 Å². The molecule has 4 heteroatoms. The molecule has 3 aromatic rings. The van der Waals surface area contributed by atoms with E-state index in [2.05, 4.69) is 52.7 Å². The highest BCUT2D eigenvalue weighted by molar-refractivity contribution is 7.80. The molecule has 0 spiro atoms. The largest absolute Gasteiger partial charge is 0.339 e. The highest BCUT2D eigenvalue weighted by atomic mass is 32.1. The third kappa shape index (κ3) is 5.76. The summed E-state index contributed by atoms with van der Waals surface area (Å²) in [4.78, 5) is 2.12. The van der Waals surface area contributed by atoms with Crippen LogP contribution in [-0.4, -0.2) is 16.2 Å². The van der Waals surface area contributed by atoms with Crippen LogP contribution in [0.3, 0.4) is 0 Å². The second kappa shape index (κ2) is 9.64. The van der Waals surface area contributed by atoms with Crippen LogP contribution < -0.4 is 5.43 Å². The van der Waals surface area contributed by atoms with Gasteiger partial charge in [-0.15, -0.1) is 0 Å². The van der Waals surface area contributed by atoms with Crippen molar-refractivity contribution in [1.29, 1.82) is 0 Å². The Labute approximate surface area is 166 Å². The first-order chi connectivity index (χ1) is 13.2. The molecule has 0 aliphatic rings. The van der Waals surface area contributed by atoms with Gasteiger partial charge in [-0.25, -0.2) is 0 Å². The van der Waals surface area contributed by atoms with E-state index in [1.54, 1.807) is 0 Å². The van der Waals surface area contributed by atoms with Crippen LogP contribution in [0.2, 0.25) is 0 Å². The van der Waals surface area contributed by atoms with Gasteiger partial charge in [0.15, 0.2) is 5.11 Å². The molecule has 0 saturated heterocycles. The average Bonchev–Trinajstić information content (AvgIpc) is 2.70. The van der Waals surface area contributed by atoms with E-state index >= 15 is 0 Å². The number of nitrogens with one attached hydrogen (secondary N) is 1. The van der Waals surface area contributed by atoms with Crippen LogP contribution in [0, 0.1) is 6.92 Å². The van der Waals surface area contributed by atoms with Crippen LogP contribution in [-0.2, 0) is 13.1 Å². The van der Waals surface area contributed by atoms with Crippen molar-refractivity contribution in [3.05, 3.63) is 107 Å². The maximum absolute atomic E-state index is 5.62. The van der Waals surface area contributed by atoms with E-state index in [0.29, 0.717) is 5.11 Å². The minimum Gasteiger partial charge on any atom is -0.339 e. The molecule has 1 N–H and O–H groups in total. The van der Waals surface area contributed by atoms with Crippen LogP contribution in [0.25, 0.3) is 0 Å². The monoisotopic (exact) mass is 373 g/mol. The van der Waals surface area contributed by atoms with Gasteiger partial charge in [0, 0.05) is 13.1 Å². The first-order valence-electron chi connectivity index (χ1n) is 8.94. The second-order valence-corrected chi connectivity index (χ2v) is 6.75. The fourth-order valence-corrected chi connectivity index (χ4v) is 2.95. The highest BCUT2D eigenvalue weighted by Gasteiger charge is 2.10. The predicted octanol–water partition coefficient (Wildman–Crippen LogP) is 4.91. The lowest BCUT2D eigenvalue weighted by molar-refractivity contribution is 0.400. The Balaban J connectivity index is 1.70. The van der Waals surface area contributed by atoms with Gasteiger partial charge in [0.25, 0.3) is 0 Å². The van der Waals surface area contributed by atoms with Crippen molar-refractivity contribution in [3.8, 4) is 0 Å². The van der Waals surface area contributed by atoms with Crippen molar-refractivity contribution in [2.45, 2.75) is 20.0 Å². The third-order valence-corrected chi connectivity index (χ3v) is 4.62. The molecule has 0 aliphatic carbocycles. The SMILES string of the molecule is Cc1ccccc1/C=N\NC(=S)N(Cc1ccccc1)Cc1ccccc1. The standard InChI is InChI=1S/C23H23N3S/c1-19-10-8-9-15-22(19)16-24-25-23(27)26(17-20-11-4-2-5-12-20)18-21-13-6-3-7-14-21/h2-16H,17-18H2,1H3,(H,25,27)/b24-16-. The smallest absolute Gasteiger partial charge is 0.190 e. The molecular formula is C23H23N3S. The lowest BCUT2D eigenvalue weighted by atomic mass is 10.1. The normalized spacial score (nSPS) is 10.7. The number of nitrogens with zero attached hydrogens (tertiary/aromatic N) is 2. The highest BCUT2D eigenvalue weighted by Crippen LogP contribution is 2.11. The Kier molecular flexibility index (Phi) is 6.72. The fourth-order valence-electron chi connectivity index (χ4n) is 2.77. The Morgan fingerprint density at radius 1 is 0.852 bits per heavy atom. The molecule has 0 amide bonds. The summed E-state index contributed by atoms with van der Waals surface area (Å²) in [5.74, 6) is 0. The van der Waals surface area contributed by atoms with Crippen molar-refractivity contribution in [3.63, 3.8) is 0 Å². The number of hydrogen-bond acceptors (Lipinski definition) is 2. The Hall–Kier alpha value is -2.98. The molecule has 27 heavy (non-hydrogen) atoms. The van der Waals surface area contributed by atoms with E-state index in [1.807, 2.05) is 60.8 Å². The molecular weight excluding hydrogens is 350 g/mol. The maximum atomic E-state index is 5.62. The van der Waals surface area contributed by atoms with Gasteiger partial charge in [-0.3, -0.25) is 5.43 Å². The molecule has 0 bridgehead atoms. The minimum atomic E-state index is 0.604. The average molecular weight is 374 g/mol. The molecule has 0 radical (unpaired) electrons. The Morgan fingerprint density at radius 2 is 1.37 bits per heavy atom. The molecule has 0 heterocycles. The molecule has 0 aromatic heterocycles. The molecule has 3 aromatic carbocycles. The zero-order valence-electron chi connectivity index (χ0n) is 15.4. The zero-order chi connectivity index (χ0) is 18.9. The van der Waals surface area contributed by atoms with Gasteiger partial charge in [0.2, 0.25) is 0 Å². The number of hydrogen-bond donors (Lipinski definition) is 1. The topological polar surface area (TPSA) is 27.6 Å². The second-order valence-electron chi connectivity index (χ2n) is 6.36. The minimum absolute atomic E-state index is 0.604. The lowest BCUT2D eigenvalue weighted by Gasteiger charge is -2.25. The Morgan fingerprint density at radius 3 is 1.93 bits per heavy atom. The van der Waals surface area contributed by atoms with Gasteiger partial charge in [0.1, 0.15) is 0 Å². The van der Waals surface area contributed by atoms with Crippen molar-refractivity contribution in [2.24, 2.45) is 5.10 Å². The summed E-state index contributed by atoms with van der Waals surface area (Å²) in [7, 11) is 0. The Bertz CT molecular complexity index is 850. The van der Waals surface area contributed by atoms with Crippen LogP contribution in [0.1, 0.15) is 22.3 Å². The van der Waals surface area contributed by atoms with Crippen LogP contribution in [0.5, 0.6) is 0 Å². The molecule has 0 fully saturated rings. The van der Waals surface area contributed by atoms with Gasteiger partial charge in [-0.05, 0) is 41.4 Å². The van der Waals surface area contributed by atoms with Crippen molar-refractivity contribution in [1.82, 2.24) is 10.3 Å². The van der Waals surface area contributed by atoms with E-state index in [4.69, 9.17) is 12.2 Å². The van der Waals surface area contributed by atoms with E-state index in [9.17, 15) is 0 Å². The van der Waals surface area contributed by atoms with Crippen LogP contribution in [0.15, 0.2) is 90.0 Å². The molecule has 136 valence electrons. The first kappa shape index (κ1) is 18.8. The summed E-state index contributed by atoms with van der Waals surface area (Å²) >= 11 is 5.62. The summed E-state index contributed by atoms with van der Waals surface area (Å²) in [6.07, 6.45) is 1.81. The summed E-state index contributed by atoms with van der Waals surface area (Å²) in [5.41, 5.74) is 7.70. The van der Waals surface area contributed by atoms with Crippen molar-refractivity contribution < 1.29 is 0 Å². The molecule has 0 unspecified atom stereocenters. The molecule has 0 aliphatic heterocycles. The zero-order valence-corrected chi connectivity index (χ0v) is 16.2. The van der Waals surface area contributed by atoms with Gasteiger partial charge in [-0.1, -0.05) is 84.9 Å². The van der Waals surface area contributed by atoms with E-state index < -0.39 is 0 Å². The lowest BCUT2D eigenvalue weighted by Crippen LogP contribution is -2.36. The van der Waals surface area contributed by atoms with Crippen LogP contribution >= 0.6 is 12.2 Å². The molecule has 3 nitrogen and oxygen atoms in total. The van der Waals surface area contributed by atoms with E-state index in [0.717, 1.165) is 18.7 Å². The van der Waals surface area contributed by atoms with E-state index in [1.165, 1.54) is 16.7 Å². The summed E-state index contributed by atoms with van der Waals surface area (Å²) in [6.45, 7) is 3.51. The maximum Gasteiger partial charge on any atom is 0.190 e. The summed E-state index contributed by atoms with van der Waals surface area (Å²) < 4.78 is 0. The first-order valence-corrected chi connectivity index (χ1v) is 9.34. The summed E-state index contributed by atoms with van der Waals surface area (Å²) in [6, 6.07) is 28.8. The molecule has 0 atom stereocenters. The number of hydrazone groups is 1. The van der Waals surface area contributed by atoms with E-state index in [-0.39, 0.29) is 0 Å². The predicted molar refractivity (Wildman–Crippen MR) is 117 cm³/mol. The number of aryl methyl sites for hydroxylation is 1. The quantitative estimate of drug-likeness (QED) is 0.378. The van der Waals surface area contributed by atoms with Gasteiger partial charge >= 0.3 is 0 Å². The van der Waals surface area contributed by atoms with Crippen molar-refractivity contribution >= 4 is 23.5 Å². The number of thiocarbonyl (C=S) groups is 1. The molecule has 0 saturated carbocycles. The van der Waals surface area contributed by atoms with Gasteiger partial charge < -0.3 is 4.90 Å². The number of rotatable bonds is 6. The molecule has 3 rings (SSSR count). The van der Waals surface area contributed by atoms with Crippen LogP contribution in [0.4, 0.5) is 0 Å². The fraction of sp³-hybridized carbons (Fsp3) is 0.130. The third-order valence-electron chi connectivity index (χ3n) is 4.27. The van der Waals surface area contributed by atoms with Gasteiger partial charge in [-0.2, -0.15) is 5.10 Å².